The Morgan fingerprint density at radius 3 is 2.31 bits per heavy atom. The first kappa shape index (κ1) is 28.3. The zero-order valence-electron chi connectivity index (χ0n) is 21.7. The van der Waals surface area contributed by atoms with E-state index in [9.17, 15) is 23.1 Å². The van der Waals surface area contributed by atoms with Gasteiger partial charge < -0.3 is 14.6 Å². The molecular formula is C30H28F3NO4S. The lowest BCUT2D eigenvalue weighted by molar-refractivity contribution is -0.150. The first-order valence-electron chi connectivity index (χ1n) is 12.4. The first-order chi connectivity index (χ1) is 18.6. The van der Waals surface area contributed by atoms with E-state index >= 15 is 0 Å². The van der Waals surface area contributed by atoms with Crippen molar-refractivity contribution in [3.8, 4) is 16.3 Å². The molecule has 3 aromatic carbocycles. The average Bonchev–Trinajstić information content (AvgIpc) is 3.29. The van der Waals surface area contributed by atoms with Crippen molar-refractivity contribution in [2.24, 2.45) is 0 Å². The Hall–Kier alpha value is -3.69. The van der Waals surface area contributed by atoms with Gasteiger partial charge in [0.25, 0.3) is 0 Å². The molecule has 39 heavy (non-hydrogen) atoms. The van der Waals surface area contributed by atoms with Crippen molar-refractivity contribution in [3.05, 3.63) is 106 Å². The zero-order valence-corrected chi connectivity index (χ0v) is 22.5. The molecule has 0 saturated carbocycles. The van der Waals surface area contributed by atoms with E-state index in [4.69, 9.17) is 9.47 Å². The molecule has 0 saturated heterocycles. The normalized spacial score (nSPS) is 13.2. The standard InChI is InChI=1S/C30H28F3NO4S/c1-4-37-25(29(35)36)17-22-12-15-24(16-18(22)2)38-26(20-8-6-5-7-9-20)27-19(3)34-28(39-27)21-10-13-23(14-11-21)30(31,32)33/h5-16,25-26H,4,17H2,1-3H3,(H,35,36). The SMILES string of the molecule is CCOC(Cc1ccc(OC(c2ccccc2)c2sc(-c3ccc(C(F)(F)F)cc3)nc2C)cc1C)C(=O)O. The second-order valence-corrected chi connectivity index (χ2v) is 10.1. The number of carboxylic acid groups (broad SMARTS) is 1. The van der Waals surface area contributed by atoms with Crippen LogP contribution in [0.2, 0.25) is 0 Å². The predicted octanol–water partition coefficient (Wildman–Crippen LogP) is 7.65. The quantitative estimate of drug-likeness (QED) is 0.218. The minimum absolute atomic E-state index is 0.238. The number of aliphatic carboxylic acids is 1. The van der Waals surface area contributed by atoms with Crippen LogP contribution in [0.25, 0.3) is 10.6 Å². The molecule has 0 bridgehead atoms. The van der Waals surface area contributed by atoms with Crippen LogP contribution in [-0.2, 0) is 22.1 Å². The number of benzene rings is 3. The first-order valence-corrected chi connectivity index (χ1v) is 13.2. The van der Waals surface area contributed by atoms with Crippen LogP contribution in [-0.4, -0.2) is 28.8 Å². The van der Waals surface area contributed by atoms with Gasteiger partial charge in [0.05, 0.1) is 16.1 Å². The summed E-state index contributed by atoms with van der Waals surface area (Å²) in [5, 5.41) is 10.0. The molecule has 204 valence electrons. The van der Waals surface area contributed by atoms with Crippen LogP contribution >= 0.6 is 11.3 Å². The third-order valence-corrected chi connectivity index (χ3v) is 7.50. The molecule has 0 aliphatic carbocycles. The van der Waals surface area contributed by atoms with Crippen LogP contribution in [0.4, 0.5) is 13.2 Å². The Bertz CT molecular complexity index is 1420. The summed E-state index contributed by atoms with van der Waals surface area (Å²) in [5.74, 6) is -0.414. The number of ether oxygens (including phenoxy) is 2. The number of nitrogens with zero attached hydrogens (tertiary/aromatic N) is 1. The summed E-state index contributed by atoms with van der Waals surface area (Å²) in [7, 11) is 0. The van der Waals surface area contributed by atoms with Gasteiger partial charge in [0.15, 0.2) is 12.2 Å². The van der Waals surface area contributed by atoms with Crippen molar-refractivity contribution in [2.75, 3.05) is 6.61 Å². The number of carboxylic acids is 1. The second-order valence-electron chi connectivity index (χ2n) is 9.03. The predicted molar refractivity (Wildman–Crippen MR) is 144 cm³/mol. The molecule has 1 N–H and O–H groups in total. The highest BCUT2D eigenvalue weighted by Gasteiger charge is 2.30. The fourth-order valence-electron chi connectivity index (χ4n) is 4.20. The maximum atomic E-state index is 13.0. The topological polar surface area (TPSA) is 68.7 Å². The minimum Gasteiger partial charge on any atom is -0.480 e. The number of carbonyl (C=O) groups is 1. The van der Waals surface area contributed by atoms with E-state index in [1.54, 1.807) is 13.0 Å². The molecule has 0 radical (unpaired) electrons. The number of thiazole rings is 1. The molecule has 9 heteroatoms. The monoisotopic (exact) mass is 555 g/mol. The molecule has 5 nitrogen and oxygen atoms in total. The molecule has 2 unspecified atom stereocenters. The Morgan fingerprint density at radius 1 is 1.03 bits per heavy atom. The average molecular weight is 556 g/mol. The van der Waals surface area contributed by atoms with Gasteiger partial charge in [-0.05, 0) is 61.7 Å². The lowest BCUT2D eigenvalue weighted by Crippen LogP contribution is -2.26. The van der Waals surface area contributed by atoms with E-state index in [1.807, 2.05) is 56.3 Å². The van der Waals surface area contributed by atoms with E-state index in [0.717, 1.165) is 39.4 Å². The Kier molecular flexibility index (Phi) is 8.72. The van der Waals surface area contributed by atoms with Crippen molar-refractivity contribution >= 4 is 17.3 Å². The van der Waals surface area contributed by atoms with Crippen molar-refractivity contribution < 1.29 is 32.5 Å². The molecule has 0 amide bonds. The van der Waals surface area contributed by atoms with Crippen LogP contribution in [0.3, 0.4) is 0 Å². The van der Waals surface area contributed by atoms with Gasteiger partial charge in [0.1, 0.15) is 10.8 Å². The van der Waals surface area contributed by atoms with Crippen LogP contribution in [0.15, 0.2) is 72.8 Å². The van der Waals surface area contributed by atoms with Gasteiger partial charge in [-0.2, -0.15) is 13.2 Å². The van der Waals surface area contributed by atoms with E-state index in [0.29, 0.717) is 22.9 Å². The summed E-state index contributed by atoms with van der Waals surface area (Å²) >= 11 is 1.37. The van der Waals surface area contributed by atoms with Crippen LogP contribution < -0.4 is 4.74 Å². The maximum Gasteiger partial charge on any atom is 0.416 e. The highest BCUT2D eigenvalue weighted by Crippen LogP contribution is 2.39. The molecule has 4 rings (SSSR count). The number of aromatic nitrogens is 1. The fraction of sp³-hybridized carbons (Fsp3) is 0.267. The van der Waals surface area contributed by atoms with Gasteiger partial charge in [-0.25, -0.2) is 9.78 Å². The number of hydrogen-bond donors (Lipinski definition) is 1. The number of rotatable bonds is 10. The largest absolute Gasteiger partial charge is 0.480 e. The highest BCUT2D eigenvalue weighted by atomic mass is 32.1. The van der Waals surface area contributed by atoms with Crippen molar-refractivity contribution in [3.63, 3.8) is 0 Å². The van der Waals surface area contributed by atoms with Gasteiger partial charge in [-0.3, -0.25) is 0 Å². The van der Waals surface area contributed by atoms with E-state index in [1.165, 1.54) is 23.5 Å². The number of hydrogen-bond acceptors (Lipinski definition) is 5. The van der Waals surface area contributed by atoms with Gasteiger partial charge >= 0.3 is 12.1 Å². The van der Waals surface area contributed by atoms with E-state index in [-0.39, 0.29) is 6.42 Å². The lowest BCUT2D eigenvalue weighted by Gasteiger charge is -2.20. The minimum atomic E-state index is -4.40. The lowest BCUT2D eigenvalue weighted by atomic mass is 10.0. The van der Waals surface area contributed by atoms with Crippen LogP contribution in [0.1, 0.15) is 45.9 Å². The number of aryl methyl sites for hydroxylation is 2. The molecule has 0 aliphatic heterocycles. The third-order valence-electron chi connectivity index (χ3n) is 6.25. The third kappa shape index (κ3) is 6.85. The van der Waals surface area contributed by atoms with Crippen LogP contribution in [0, 0.1) is 13.8 Å². The highest BCUT2D eigenvalue weighted by molar-refractivity contribution is 7.15. The Labute approximate surface area is 228 Å². The van der Waals surface area contributed by atoms with Crippen molar-refractivity contribution in [1.29, 1.82) is 0 Å². The summed E-state index contributed by atoms with van der Waals surface area (Å²) in [6, 6.07) is 20.1. The second kappa shape index (κ2) is 12.0. The van der Waals surface area contributed by atoms with Gasteiger partial charge in [-0.15, -0.1) is 11.3 Å². The molecule has 0 spiro atoms. The molecule has 0 fully saturated rings. The van der Waals surface area contributed by atoms with Crippen molar-refractivity contribution in [2.45, 2.75) is 45.6 Å². The summed E-state index contributed by atoms with van der Waals surface area (Å²) in [4.78, 5) is 17.0. The maximum absolute atomic E-state index is 13.0. The fourth-order valence-corrected chi connectivity index (χ4v) is 5.33. The Morgan fingerprint density at radius 2 is 1.72 bits per heavy atom. The molecule has 1 aromatic heterocycles. The summed E-state index contributed by atoms with van der Waals surface area (Å²) in [6.07, 6.45) is -5.60. The molecule has 0 aliphatic rings. The Balaban J connectivity index is 1.64. The van der Waals surface area contributed by atoms with Gasteiger partial charge in [-0.1, -0.05) is 48.5 Å². The van der Waals surface area contributed by atoms with Gasteiger partial charge in [0, 0.05) is 18.6 Å². The molecule has 1 heterocycles. The van der Waals surface area contributed by atoms with E-state index < -0.39 is 29.9 Å². The molecular weight excluding hydrogens is 527 g/mol. The molecule has 2 atom stereocenters. The number of halogens is 3. The van der Waals surface area contributed by atoms with Gasteiger partial charge in [0.2, 0.25) is 0 Å². The summed E-state index contributed by atoms with van der Waals surface area (Å²) in [5.41, 5.74) is 3.22. The van der Waals surface area contributed by atoms with E-state index in [2.05, 4.69) is 4.98 Å². The van der Waals surface area contributed by atoms with Crippen molar-refractivity contribution in [1.82, 2.24) is 4.98 Å². The smallest absolute Gasteiger partial charge is 0.416 e. The summed E-state index contributed by atoms with van der Waals surface area (Å²) in [6.45, 7) is 5.81. The van der Waals surface area contributed by atoms with Crippen LogP contribution in [0.5, 0.6) is 5.75 Å². The molecule has 4 aromatic rings. The number of alkyl halides is 3. The summed E-state index contributed by atoms with van der Waals surface area (Å²) < 4.78 is 50.9. The zero-order chi connectivity index (χ0) is 28.2.